The van der Waals surface area contributed by atoms with Crippen LogP contribution in [0, 0.1) is 12.7 Å². The van der Waals surface area contributed by atoms with Crippen molar-refractivity contribution >= 4 is 34.1 Å². The minimum atomic E-state index is -0.422. The van der Waals surface area contributed by atoms with Crippen molar-refractivity contribution in [2.24, 2.45) is 5.73 Å². The smallest absolute Gasteiger partial charge is 0.314 e. The highest BCUT2D eigenvalue weighted by Crippen LogP contribution is 2.33. The van der Waals surface area contributed by atoms with Crippen LogP contribution < -0.4 is 16.0 Å². The number of nitrogens with two attached hydrogens (primary N) is 1. The van der Waals surface area contributed by atoms with Crippen LogP contribution in [-0.2, 0) is 0 Å². The first-order chi connectivity index (χ1) is 15.9. The molecule has 3 N–H and O–H groups in total. The zero-order valence-electron chi connectivity index (χ0n) is 18.5. The Kier molecular flexibility index (Phi) is 5.20. The van der Waals surface area contributed by atoms with E-state index in [1.165, 1.54) is 12.4 Å². The Labute approximate surface area is 190 Å². The van der Waals surface area contributed by atoms with Gasteiger partial charge < -0.3 is 20.9 Å². The van der Waals surface area contributed by atoms with E-state index in [0.29, 0.717) is 43.1 Å². The maximum Gasteiger partial charge on any atom is 0.314 e. The second-order valence-corrected chi connectivity index (χ2v) is 8.27. The summed E-state index contributed by atoms with van der Waals surface area (Å²) in [6, 6.07) is 8.58. The number of hydrogen-bond donors (Lipinski definition) is 2. The Balaban J connectivity index is 1.56. The first kappa shape index (κ1) is 20.9. The van der Waals surface area contributed by atoms with Crippen LogP contribution in [-0.4, -0.2) is 56.7 Å². The summed E-state index contributed by atoms with van der Waals surface area (Å²) in [5.74, 6) is 1.19. The van der Waals surface area contributed by atoms with Gasteiger partial charge in [0.25, 0.3) is 0 Å². The van der Waals surface area contributed by atoms with Crippen LogP contribution in [0.5, 0.6) is 0 Å². The normalized spacial score (nSPS) is 15.2. The molecule has 9 nitrogen and oxygen atoms in total. The van der Waals surface area contributed by atoms with Crippen molar-refractivity contribution < 1.29 is 9.18 Å². The lowest BCUT2D eigenvalue weighted by atomic mass is 10.0. The van der Waals surface area contributed by atoms with Crippen molar-refractivity contribution in [2.75, 3.05) is 36.4 Å². The van der Waals surface area contributed by atoms with Gasteiger partial charge in [0.05, 0.1) is 11.6 Å². The average Bonchev–Trinajstić information content (AvgIpc) is 3.31. The summed E-state index contributed by atoms with van der Waals surface area (Å²) in [7, 11) is 0. The fourth-order valence-electron chi connectivity index (χ4n) is 4.33. The van der Waals surface area contributed by atoms with Crippen molar-refractivity contribution in [3.63, 3.8) is 0 Å². The fourth-order valence-corrected chi connectivity index (χ4v) is 4.33. The molecular weight excluding hydrogens is 423 g/mol. The first-order valence-corrected chi connectivity index (χ1v) is 10.9. The first-order valence-electron chi connectivity index (χ1n) is 10.9. The van der Waals surface area contributed by atoms with E-state index in [-0.39, 0.29) is 11.9 Å². The Morgan fingerprint density at radius 2 is 2.00 bits per heavy atom. The van der Waals surface area contributed by atoms with Crippen LogP contribution >= 0.6 is 0 Å². The Morgan fingerprint density at radius 1 is 1.21 bits per heavy atom. The van der Waals surface area contributed by atoms with E-state index >= 15 is 0 Å². The van der Waals surface area contributed by atoms with E-state index in [0.717, 1.165) is 22.3 Å². The zero-order chi connectivity index (χ0) is 23.1. The highest BCUT2D eigenvalue weighted by atomic mass is 19.1. The van der Waals surface area contributed by atoms with Crippen LogP contribution in [0.25, 0.3) is 16.4 Å². The molecule has 1 fully saturated rings. The molecular formula is C23H25FN8O. The molecule has 5 rings (SSSR count). The maximum atomic E-state index is 14.3. The Hall–Kier alpha value is -3.95. The van der Waals surface area contributed by atoms with Gasteiger partial charge in [-0.1, -0.05) is 0 Å². The molecule has 3 aromatic heterocycles. The van der Waals surface area contributed by atoms with Crippen LogP contribution in [0.2, 0.25) is 0 Å². The van der Waals surface area contributed by atoms with Gasteiger partial charge >= 0.3 is 6.03 Å². The maximum absolute atomic E-state index is 14.3. The minimum Gasteiger partial charge on any atom is -0.362 e. The van der Waals surface area contributed by atoms with Gasteiger partial charge in [-0.3, -0.25) is 0 Å². The van der Waals surface area contributed by atoms with E-state index in [1.807, 2.05) is 25.3 Å². The number of amides is 2. The number of benzene rings is 1. The number of rotatable bonds is 4. The number of nitrogens with one attached hydrogen (secondary N) is 1. The second-order valence-electron chi connectivity index (χ2n) is 8.27. The van der Waals surface area contributed by atoms with E-state index in [2.05, 4.69) is 26.4 Å². The molecule has 0 saturated carbocycles. The summed E-state index contributed by atoms with van der Waals surface area (Å²) >= 11 is 0. The topological polar surface area (TPSA) is 105 Å². The van der Waals surface area contributed by atoms with E-state index in [9.17, 15) is 9.18 Å². The Bertz CT molecular complexity index is 1350. The average molecular weight is 449 g/mol. The number of nitrogens with zero attached hydrogens (tertiary/aromatic N) is 6. The molecule has 4 aromatic rings. The fraction of sp³-hybridized carbons (Fsp3) is 0.304. The molecule has 170 valence electrons. The molecule has 2 amide bonds. The second kappa shape index (κ2) is 8.19. The SMILES string of the molecule is Cc1c(F)ccc2cc([C@H](C)Nc3ncnn4cccc34)c(N3CCN(C(N)=O)CC3)nc12. The molecule has 0 radical (unpaired) electrons. The molecule has 1 aliphatic heterocycles. The number of piperazine rings is 1. The highest BCUT2D eigenvalue weighted by molar-refractivity contribution is 5.85. The van der Waals surface area contributed by atoms with Crippen LogP contribution in [0.4, 0.5) is 20.8 Å². The zero-order valence-corrected chi connectivity index (χ0v) is 18.5. The number of anilines is 2. The van der Waals surface area contributed by atoms with Crippen molar-refractivity contribution in [1.82, 2.24) is 24.5 Å². The lowest BCUT2D eigenvalue weighted by molar-refractivity contribution is 0.204. The molecule has 4 heterocycles. The van der Waals surface area contributed by atoms with Gasteiger partial charge in [0.2, 0.25) is 0 Å². The monoisotopic (exact) mass is 448 g/mol. The summed E-state index contributed by atoms with van der Waals surface area (Å²) in [4.78, 5) is 24.7. The standard InChI is InChI=1S/C23H25FN8O/c1-14-18(24)6-5-16-12-17(15(2)28-21-19-4-3-7-32(19)27-13-26-21)22(29-20(14)16)30-8-10-31(11-9-30)23(25)33/h3-7,12-13,15H,8-11H2,1-2H3,(H2,25,33)(H,26,27,28)/t15-/m0/s1. The summed E-state index contributed by atoms with van der Waals surface area (Å²) < 4.78 is 16.0. The van der Waals surface area contributed by atoms with E-state index < -0.39 is 6.03 Å². The molecule has 1 aromatic carbocycles. The molecule has 0 spiro atoms. The number of carbonyl (C=O) groups excluding carboxylic acids is 1. The number of primary amides is 1. The van der Waals surface area contributed by atoms with Gasteiger partial charge in [-0.15, -0.1) is 0 Å². The van der Waals surface area contributed by atoms with Crippen molar-refractivity contribution in [3.05, 3.63) is 59.8 Å². The number of fused-ring (bicyclic) bond motifs is 2. The van der Waals surface area contributed by atoms with Crippen LogP contribution in [0.15, 0.2) is 42.9 Å². The molecule has 10 heteroatoms. The quantitative estimate of drug-likeness (QED) is 0.497. The van der Waals surface area contributed by atoms with Crippen LogP contribution in [0.1, 0.15) is 24.1 Å². The highest BCUT2D eigenvalue weighted by Gasteiger charge is 2.25. The molecule has 1 saturated heterocycles. The molecule has 33 heavy (non-hydrogen) atoms. The van der Waals surface area contributed by atoms with Gasteiger partial charge in [0.15, 0.2) is 5.82 Å². The number of hydrogen-bond acceptors (Lipinski definition) is 6. The third-order valence-electron chi connectivity index (χ3n) is 6.23. The van der Waals surface area contributed by atoms with Gasteiger partial charge in [0.1, 0.15) is 23.5 Å². The van der Waals surface area contributed by atoms with Gasteiger partial charge in [0, 0.05) is 48.9 Å². The Morgan fingerprint density at radius 3 is 2.76 bits per heavy atom. The third-order valence-corrected chi connectivity index (χ3v) is 6.23. The number of aromatic nitrogens is 4. The van der Waals surface area contributed by atoms with E-state index in [4.69, 9.17) is 10.7 Å². The summed E-state index contributed by atoms with van der Waals surface area (Å²) in [5, 5.41) is 8.58. The van der Waals surface area contributed by atoms with Gasteiger partial charge in [-0.2, -0.15) is 5.10 Å². The van der Waals surface area contributed by atoms with Gasteiger partial charge in [-0.25, -0.2) is 23.7 Å². The number of halogens is 1. The molecule has 0 bridgehead atoms. The van der Waals surface area contributed by atoms with E-state index in [1.54, 1.807) is 22.4 Å². The molecule has 0 aliphatic carbocycles. The number of urea groups is 1. The number of carbonyl (C=O) groups is 1. The molecule has 0 unspecified atom stereocenters. The molecule has 1 atom stereocenters. The third kappa shape index (κ3) is 3.77. The minimum absolute atomic E-state index is 0.148. The largest absolute Gasteiger partial charge is 0.362 e. The summed E-state index contributed by atoms with van der Waals surface area (Å²) in [6.07, 6.45) is 3.38. The number of aryl methyl sites for hydroxylation is 1. The van der Waals surface area contributed by atoms with Crippen LogP contribution in [0.3, 0.4) is 0 Å². The lowest BCUT2D eigenvalue weighted by Crippen LogP contribution is -2.51. The van der Waals surface area contributed by atoms with Crippen molar-refractivity contribution in [1.29, 1.82) is 0 Å². The predicted molar refractivity (Wildman–Crippen MR) is 125 cm³/mol. The summed E-state index contributed by atoms with van der Waals surface area (Å²) in [6.45, 7) is 5.98. The van der Waals surface area contributed by atoms with Crippen molar-refractivity contribution in [3.8, 4) is 0 Å². The lowest BCUT2D eigenvalue weighted by Gasteiger charge is -2.36. The number of pyridine rings is 1. The predicted octanol–water partition coefficient (Wildman–Crippen LogP) is 3.10. The van der Waals surface area contributed by atoms with Crippen molar-refractivity contribution in [2.45, 2.75) is 19.9 Å². The summed E-state index contributed by atoms with van der Waals surface area (Å²) in [5.41, 5.74) is 8.43. The molecule has 1 aliphatic rings. The van der Waals surface area contributed by atoms with Gasteiger partial charge in [-0.05, 0) is 44.2 Å².